The Labute approximate surface area is 133 Å². The smallest absolute Gasteiger partial charge is 0.408 e. The van der Waals surface area contributed by atoms with Gasteiger partial charge in [0.05, 0.1) is 11.9 Å². The van der Waals surface area contributed by atoms with Gasteiger partial charge in [0, 0.05) is 12.3 Å². The maximum absolute atomic E-state index is 13.1. The highest BCUT2D eigenvalue weighted by atomic mass is 19.4. The number of hydrogen-bond donors (Lipinski definition) is 1. The van der Waals surface area contributed by atoms with Crippen LogP contribution in [0.1, 0.15) is 6.92 Å². The lowest BCUT2D eigenvalue weighted by molar-refractivity contribution is -0.142. The molecule has 1 aromatic heterocycles. The predicted octanol–water partition coefficient (Wildman–Crippen LogP) is 3.13. The summed E-state index contributed by atoms with van der Waals surface area (Å²) in [6, 6.07) is 2.76. The van der Waals surface area contributed by atoms with Gasteiger partial charge >= 0.3 is 6.18 Å². The zero-order valence-corrected chi connectivity index (χ0v) is 12.3. The minimum Gasteiger partial charge on any atom is -0.481 e. The van der Waals surface area contributed by atoms with E-state index in [-0.39, 0.29) is 11.4 Å². The molecule has 2 rings (SSSR count). The molecule has 1 N–H and O–H groups in total. The van der Waals surface area contributed by atoms with Gasteiger partial charge in [0.1, 0.15) is 12.3 Å². The van der Waals surface area contributed by atoms with Crippen LogP contribution in [0.5, 0.6) is 5.75 Å². The van der Waals surface area contributed by atoms with Crippen molar-refractivity contribution in [3.05, 3.63) is 42.2 Å². The molecule has 10 heteroatoms. The lowest BCUT2D eigenvalue weighted by atomic mass is 10.3. The van der Waals surface area contributed by atoms with Crippen LogP contribution in [0.2, 0.25) is 0 Å². The number of benzene rings is 1. The molecule has 0 saturated heterocycles. The van der Waals surface area contributed by atoms with Gasteiger partial charge in [0.15, 0.2) is 17.7 Å². The van der Waals surface area contributed by atoms with Gasteiger partial charge in [-0.15, -0.1) is 0 Å². The number of carbonyl (C=O) groups is 1. The number of amides is 1. The molecule has 1 atom stereocenters. The second-order valence-corrected chi connectivity index (χ2v) is 4.87. The molecular formula is C14H12F5N3O2. The summed E-state index contributed by atoms with van der Waals surface area (Å²) in [7, 11) is 0. The predicted molar refractivity (Wildman–Crippen MR) is 73.4 cm³/mol. The van der Waals surface area contributed by atoms with Crippen molar-refractivity contribution in [3.63, 3.8) is 0 Å². The Morgan fingerprint density at radius 2 is 2.04 bits per heavy atom. The highest BCUT2D eigenvalue weighted by Crippen LogP contribution is 2.19. The molecule has 0 unspecified atom stereocenters. The molecule has 1 heterocycles. The third kappa shape index (κ3) is 4.93. The molecule has 130 valence electrons. The number of anilines is 1. The van der Waals surface area contributed by atoms with Gasteiger partial charge in [-0.2, -0.15) is 18.3 Å². The molecule has 0 bridgehead atoms. The van der Waals surface area contributed by atoms with E-state index >= 15 is 0 Å². The van der Waals surface area contributed by atoms with Crippen LogP contribution in [0.4, 0.5) is 27.6 Å². The molecule has 2 aromatic rings. The van der Waals surface area contributed by atoms with Gasteiger partial charge in [-0.05, 0) is 19.1 Å². The van der Waals surface area contributed by atoms with Crippen LogP contribution in [-0.2, 0) is 11.3 Å². The molecule has 0 saturated carbocycles. The first-order chi connectivity index (χ1) is 11.1. The van der Waals surface area contributed by atoms with Crippen LogP contribution in [0, 0.1) is 11.6 Å². The number of halogens is 5. The van der Waals surface area contributed by atoms with E-state index in [0.717, 1.165) is 30.6 Å². The fourth-order valence-electron chi connectivity index (χ4n) is 1.75. The van der Waals surface area contributed by atoms with Crippen LogP contribution in [0.15, 0.2) is 30.6 Å². The summed E-state index contributed by atoms with van der Waals surface area (Å²) in [5, 5.41) is 5.78. The summed E-state index contributed by atoms with van der Waals surface area (Å²) >= 11 is 0. The standard InChI is InChI=1S/C14H12F5N3O2/c1-8(24-10-2-3-11(15)12(16)4-10)13(23)21-9-5-20-22(6-9)7-14(17,18)19/h2-6,8H,7H2,1H3,(H,21,23)/t8-/m1/s1. The molecule has 5 nitrogen and oxygen atoms in total. The monoisotopic (exact) mass is 349 g/mol. The van der Waals surface area contributed by atoms with Crippen LogP contribution in [0.25, 0.3) is 0 Å². The van der Waals surface area contributed by atoms with E-state index in [4.69, 9.17) is 4.74 Å². The van der Waals surface area contributed by atoms with Crippen LogP contribution < -0.4 is 10.1 Å². The lowest BCUT2D eigenvalue weighted by Gasteiger charge is -2.14. The average molecular weight is 349 g/mol. The van der Waals surface area contributed by atoms with E-state index in [1.54, 1.807) is 0 Å². The van der Waals surface area contributed by atoms with E-state index in [1.807, 2.05) is 0 Å². The van der Waals surface area contributed by atoms with E-state index in [9.17, 15) is 26.7 Å². The van der Waals surface area contributed by atoms with Crippen molar-refractivity contribution in [3.8, 4) is 5.75 Å². The zero-order valence-electron chi connectivity index (χ0n) is 12.3. The van der Waals surface area contributed by atoms with Gasteiger partial charge in [-0.1, -0.05) is 0 Å². The first-order valence-electron chi connectivity index (χ1n) is 6.66. The van der Waals surface area contributed by atoms with Crippen molar-refractivity contribution in [1.82, 2.24) is 9.78 Å². The zero-order chi connectivity index (χ0) is 17.9. The Balaban J connectivity index is 1.95. The fourth-order valence-corrected chi connectivity index (χ4v) is 1.75. The number of rotatable bonds is 5. The number of ether oxygens (including phenoxy) is 1. The minimum absolute atomic E-state index is 0.0463. The second-order valence-electron chi connectivity index (χ2n) is 4.87. The maximum atomic E-state index is 13.1. The molecule has 1 amide bonds. The minimum atomic E-state index is -4.43. The third-order valence-electron chi connectivity index (χ3n) is 2.82. The van der Waals surface area contributed by atoms with E-state index in [1.165, 1.54) is 6.92 Å². The average Bonchev–Trinajstić information content (AvgIpc) is 2.87. The second kappa shape index (κ2) is 6.85. The number of aromatic nitrogens is 2. The summed E-state index contributed by atoms with van der Waals surface area (Å²) in [5.41, 5.74) is 0.0463. The normalized spacial score (nSPS) is 12.8. The Hall–Kier alpha value is -2.65. The maximum Gasteiger partial charge on any atom is 0.408 e. The van der Waals surface area contributed by atoms with Crippen molar-refractivity contribution >= 4 is 11.6 Å². The Morgan fingerprint density at radius 3 is 2.67 bits per heavy atom. The molecule has 24 heavy (non-hydrogen) atoms. The van der Waals surface area contributed by atoms with Gasteiger partial charge in [0.2, 0.25) is 0 Å². The van der Waals surface area contributed by atoms with Crippen molar-refractivity contribution in [2.45, 2.75) is 25.7 Å². The largest absolute Gasteiger partial charge is 0.481 e. The summed E-state index contributed by atoms with van der Waals surface area (Å²) in [4.78, 5) is 11.9. The van der Waals surface area contributed by atoms with Crippen molar-refractivity contribution in [2.75, 3.05) is 5.32 Å². The summed E-state index contributed by atoms with van der Waals surface area (Å²) in [6.45, 7) is 0.0561. The van der Waals surface area contributed by atoms with Crippen molar-refractivity contribution in [1.29, 1.82) is 0 Å². The van der Waals surface area contributed by atoms with Crippen LogP contribution in [0.3, 0.4) is 0 Å². The molecule has 0 aliphatic carbocycles. The molecule has 0 aliphatic rings. The molecule has 0 fully saturated rings. The highest BCUT2D eigenvalue weighted by molar-refractivity contribution is 5.93. The molecule has 0 aliphatic heterocycles. The van der Waals surface area contributed by atoms with Gasteiger partial charge in [-0.25, -0.2) is 8.78 Å². The topological polar surface area (TPSA) is 56.1 Å². The van der Waals surface area contributed by atoms with Crippen LogP contribution >= 0.6 is 0 Å². The van der Waals surface area contributed by atoms with Gasteiger partial charge in [0.25, 0.3) is 5.91 Å². The van der Waals surface area contributed by atoms with Gasteiger partial charge in [-0.3, -0.25) is 9.48 Å². The van der Waals surface area contributed by atoms with E-state index in [0.29, 0.717) is 4.68 Å². The lowest BCUT2D eigenvalue weighted by Crippen LogP contribution is -2.30. The number of carbonyl (C=O) groups excluding carboxylic acids is 1. The number of alkyl halides is 3. The SMILES string of the molecule is C[C@@H](Oc1ccc(F)c(F)c1)C(=O)Nc1cnn(CC(F)(F)F)c1. The van der Waals surface area contributed by atoms with Crippen molar-refractivity contribution in [2.24, 2.45) is 0 Å². The Bertz CT molecular complexity index is 729. The van der Waals surface area contributed by atoms with Crippen LogP contribution in [-0.4, -0.2) is 28.0 Å². The quantitative estimate of drug-likeness (QED) is 0.844. The first kappa shape index (κ1) is 17.7. The van der Waals surface area contributed by atoms with Gasteiger partial charge < -0.3 is 10.1 Å². The third-order valence-corrected chi connectivity index (χ3v) is 2.82. The summed E-state index contributed by atoms with van der Waals surface area (Å²) in [5.74, 6) is -2.94. The Morgan fingerprint density at radius 1 is 1.33 bits per heavy atom. The molecule has 0 radical (unpaired) electrons. The molecule has 0 spiro atoms. The number of nitrogens with one attached hydrogen (secondary N) is 1. The first-order valence-corrected chi connectivity index (χ1v) is 6.66. The molecule has 1 aromatic carbocycles. The van der Waals surface area contributed by atoms with E-state index in [2.05, 4.69) is 10.4 Å². The van der Waals surface area contributed by atoms with E-state index < -0.39 is 36.4 Å². The highest BCUT2D eigenvalue weighted by Gasteiger charge is 2.28. The Kier molecular flexibility index (Phi) is 5.05. The summed E-state index contributed by atoms with van der Waals surface area (Å²) < 4.78 is 68.3. The summed E-state index contributed by atoms with van der Waals surface area (Å²) in [6.07, 6.45) is -3.47. The fraction of sp³-hybridized carbons (Fsp3) is 0.286. The number of hydrogen-bond acceptors (Lipinski definition) is 3. The van der Waals surface area contributed by atoms with Crippen molar-refractivity contribution < 1.29 is 31.5 Å². The molecular weight excluding hydrogens is 337 g/mol. The number of nitrogens with zero attached hydrogens (tertiary/aromatic N) is 2.